The molecule has 554 valence electrons. The summed E-state index contributed by atoms with van der Waals surface area (Å²) in [5, 5.41) is 56.9. The number of benzene rings is 3. The van der Waals surface area contributed by atoms with Crippen molar-refractivity contribution in [1.29, 1.82) is 0 Å². The lowest BCUT2D eigenvalue weighted by Gasteiger charge is -2.37. The Labute approximate surface area is 611 Å². The lowest BCUT2D eigenvalue weighted by molar-refractivity contribution is -0.00710. The second-order valence-corrected chi connectivity index (χ2v) is 29.0. The van der Waals surface area contributed by atoms with Crippen LogP contribution in [0, 0.1) is 5.92 Å². The first-order chi connectivity index (χ1) is 50.9. The molecule has 1 saturated carbocycles. The van der Waals surface area contributed by atoms with Crippen LogP contribution >= 0.6 is 0 Å². The van der Waals surface area contributed by atoms with Crippen molar-refractivity contribution in [2.45, 2.75) is 122 Å². The second-order valence-electron chi connectivity index (χ2n) is 29.0. The Hall–Kier alpha value is -9.51. The number of aliphatic hydroxyl groups is 3. The van der Waals surface area contributed by atoms with Gasteiger partial charge in [0.15, 0.2) is 16.9 Å². The Morgan fingerprint density at radius 3 is 1.69 bits per heavy atom. The smallest absolute Gasteiger partial charge is 0.161 e. The molecule has 2 aliphatic heterocycles. The topological polar surface area (TPSA) is 287 Å². The van der Waals surface area contributed by atoms with E-state index in [0.29, 0.717) is 85.2 Å². The molecule has 7 unspecified atom stereocenters. The van der Waals surface area contributed by atoms with Crippen LogP contribution in [0.25, 0.3) is 73.0 Å². The number of nitrogens with zero attached hydrogens (tertiary/aromatic N) is 12. The van der Waals surface area contributed by atoms with Crippen LogP contribution in [-0.2, 0) is 16.1 Å². The normalized spacial score (nSPS) is 17.9. The molecule has 0 bridgehead atoms. The highest BCUT2D eigenvalue weighted by Gasteiger charge is 2.47. The van der Waals surface area contributed by atoms with E-state index in [1.54, 1.807) is 27.3 Å². The highest BCUT2D eigenvalue weighted by atomic mass is 16.5. The fraction of sp³-hybridized carbons (Fsp3) is 0.456. The van der Waals surface area contributed by atoms with Gasteiger partial charge in [0.05, 0.1) is 73.5 Å². The zero-order chi connectivity index (χ0) is 73.2. The summed E-state index contributed by atoms with van der Waals surface area (Å²) in [6.07, 6.45) is 7.95. The van der Waals surface area contributed by atoms with E-state index in [9.17, 15) is 15.3 Å². The summed E-state index contributed by atoms with van der Waals surface area (Å²) >= 11 is 0. The number of methoxy groups -OCH3 is 1. The number of nitrogens with one attached hydrogen (secondary N) is 4. The zero-order valence-corrected chi connectivity index (χ0v) is 61.8. The number of pyridine rings is 1. The largest absolute Gasteiger partial charge is 0.497 e. The molecule has 14 rings (SSSR count). The molecule has 3 aromatic carbocycles. The Bertz CT molecular complexity index is 4850. The van der Waals surface area contributed by atoms with Gasteiger partial charge in [-0.1, -0.05) is 41.5 Å². The maximum absolute atomic E-state index is 10.9. The molecule has 26 nitrogen and oxygen atoms in total. The van der Waals surface area contributed by atoms with Crippen molar-refractivity contribution >= 4 is 39.6 Å². The number of aliphatic hydroxyl groups excluding tert-OH is 3. The summed E-state index contributed by atoms with van der Waals surface area (Å²) in [4.78, 5) is 29.0. The standard InChI is InChI=1S/C79H98N16O10/c1-45(2)66-38-84-93-72(31-69(88-77(66)93)50-22-59(99-11)28-61(24-50)104-43-57(97)36-81-8)53-19-52-20-54(87-76(52)83-34-53)41-102-62-25-51(26-63(29-62)105-44-58(98)37-82-9)70-32-74(94-78(89-70)67(39-85-94)46(3)4)91(10)55-12-15-101-73(27-55)65-30-64(65)48-18-49(23-60(21-48)103-42-56(96)35-80-7)71-33-75(92-13-16-100-17-14-92)95-79(90-71)68(40-86-95)47(5)6/h18-26,28-29,31-34,38-40,45-47,55-58,64-65,73,80-82,96-98H,12-17,27,30,35-37,41-44H2,1-11H3,(H,83,87). The van der Waals surface area contributed by atoms with Gasteiger partial charge in [0.2, 0.25) is 0 Å². The third-order valence-electron chi connectivity index (χ3n) is 20.3. The second kappa shape index (κ2) is 31.7. The van der Waals surface area contributed by atoms with Crippen molar-refractivity contribution in [3.8, 4) is 73.8 Å². The summed E-state index contributed by atoms with van der Waals surface area (Å²) in [6.45, 7) is 17.9. The predicted octanol–water partition coefficient (Wildman–Crippen LogP) is 9.82. The fourth-order valence-corrected chi connectivity index (χ4v) is 14.5. The molecule has 26 heteroatoms. The van der Waals surface area contributed by atoms with Crippen LogP contribution in [0.2, 0.25) is 0 Å². The lowest BCUT2D eigenvalue weighted by Crippen LogP contribution is -2.42. The fourth-order valence-electron chi connectivity index (χ4n) is 14.5. The summed E-state index contributed by atoms with van der Waals surface area (Å²) in [5.41, 5.74) is 14.3. The number of anilines is 2. The number of hydrogen-bond acceptors (Lipinski definition) is 22. The van der Waals surface area contributed by atoms with Gasteiger partial charge in [-0.3, -0.25) is 0 Å². The number of fused-ring (bicyclic) bond motifs is 4. The highest BCUT2D eigenvalue weighted by Crippen LogP contribution is 2.54. The zero-order valence-electron chi connectivity index (χ0n) is 61.8. The van der Waals surface area contributed by atoms with Gasteiger partial charge in [-0.15, -0.1) is 0 Å². The minimum absolute atomic E-state index is 0.0232. The average Bonchev–Trinajstić information content (AvgIpc) is 1.67. The minimum Gasteiger partial charge on any atom is -0.497 e. The molecule has 7 N–H and O–H groups in total. The molecule has 3 fully saturated rings. The lowest BCUT2D eigenvalue weighted by atomic mass is 9.95. The highest BCUT2D eigenvalue weighted by molar-refractivity contribution is 5.83. The van der Waals surface area contributed by atoms with Gasteiger partial charge in [0.1, 0.15) is 90.8 Å². The van der Waals surface area contributed by atoms with Crippen molar-refractivity contribution in [1.82, 2.24) is 69.7 Å². The van der Waals surface area contributed by atoms with Crippen LogP contribution in [0.3, 0.4) is 0 Å². The van der Waals surface area contributed by atoms with Crippen LogP contribution in [-0.4, -0.2) is 207 Å². The summed E-state index contributed by atoms with van der Waals surface area (Å²) in [7, 11) is 9.17. The van der Waals surface area contributed by atoms with Crippen molar-refractivity contribution in [2.24, 2.45) is 5.92 Å². The van der Waals surface area contributed by atoms with Gasteiger partial charge in [0.25, 0.3) is 0 Å². The Morgan fingerprint density at radius 2 is 1.09 bits per heavy atom. The molecule has 3 aliphatic rings. The molecule has 7 atom stereocenters. The van der Waals surface area contributed by atoms with E-state index < -0.39 is 18.3 Å². The first kappa shape index (κ1) is 72.4. The number of ether oxygens (including phenoxy) is 7. The van der Waals surface area contributed by atoms with Crippen LogP contribution in [0.5, 0.6) is 28.7 Å². The molecular formula is C79H98N16O10. The molecule has 8 aromatic heterocycles. The molecule has 0 radical (unpaired) electrons. The third-order valence-corrected chi connectivity index (χ3v) is 20.3. The minimum atomic E-state index is -0.765. The number of morpholine rings is 1. The van der Waals surface area contributed by atoms with Gasteiger partial charge < -0.3 is 79.2 Å². The Kier molecular flexibility index (Phi) is 21.8. The molecule has 10 heterocycles. The van der Waals surface area contributed by atoms with Crippen molar-refractivity contribution in [3.63, 3.8) is 0 Å². The van der Waals surface area contributed by atoms with Gasteiger partial charge >= 0.3 is 0 Å². The first-order valence-electron chi connectivity index (χ1n) is 36.7. The molecule has 0 spiro atoms. The molecule has 2 saturated heterocycles. The van der Waals surface area contributed by atoms with E-state index >= 15 is 0 Å². The van der Waals surface area contributed by atoms with Crippen LogP contribution in [0.1, 0.15) is 112 Å². The number of hydrogen-bond donors (Lipinski definition) is 7. The van der Waals surface area contributed by atoms with E-state index in [1.807, 2.05) is 87.8 Å². The summed E-state index contributed by atoms with van der Waals surface area (Å²) < 4.78 is 49.8. The molecular weight excluding hydrogens is 1330 g/mol. The summed E-state index contributed by atoms with van der Waals surface area (Å²) in [6, 6.07) is 28.4. The van der Waals surface area contributed by atoms with Crippen molar-refractivity contribution in [3.05, 3.63) is 138 Å². The van der Waals surface area contributed by atoms with Gasteiger partial charge in [-0.05, 0) is 136 Å². The number of aromatic nitrogens is 11. The van der Waals surface area contributed by atoms with Gasteiger partial charge in [-0.25, -0.2) is 24.5 Å². The SMILES string of the molecule is CNCC(O)COc1cc(OC)cc(-c2cc(-c3cnc4[nH]c(COc5cc(OCC(O)CNC)cc(-c6cc(N(C)C7CCOC(C8CC8c8cc(OCC(O)CNC)cc(-c9cc(N%10CCOCC%10)n%10ncc(C(C)C)c%10n9)c8)C7)n7ncc(C(C)C)c7n6)c5)cc4c3)n3ncc(C(C)C)c3n2)c1. The van der Waals surface area contributed by atoms with E-state index in [2.05, 4.69) is 116 Å². The number of likely N-dealkylation sites (N-methyl/N-ethyl adjacent to an activating group) is 3. The quantitative estimate of drug-likeness (QED) is 0.0213. The van der Waals surface area contributed by atoms with E-state index in [-0.39, 0.29) is 68.2 Å². The number of H-pyrrole nitrogens is 1. The van der Waals surface area contributed by atoms with Crippen LogP contribution < -0.4 is 49.4 Å². The van der Waals surface area contributed by atoms with Crippen LogP contribution in [0.15, 0.2) is 110 Å². The molecule has 1 aliphatic carbocycles. The molecule has 11 aromatic rings. The molecule has 105 heavy (non-hydrogen) atoms. The summed E-state index contributed by atoms with van der Waals surface area (Å²) in [5.74, 6) is 5.64. The molecule has 0 amide bonds. The Balaban J connectivity index is 0.740. The first-order valence-corrected chi connectivity index (χ1v) is 36.7. The average molecular weight is 1430 g/mol. The van der Waals surface area contributed by atoms with Gasteiger partial charge in [0, 0.05) is 127 Å². The van der Waals surface area contributed by atoms with Gasteiger partial charge in [-0.2, -0.15) is 24.3 Å². The van der Waals surface area contributed by atoms with E-state index in [4.69, 9.17) is 68.4 Å². The third kappa shape index (κ3) is 15.9. The number of rotatable bonds is 31. The monoisotopic (exact) mass is 1430 g/mol. The van der Waals surface area contributed by atoms with E-state index in [1.165, 1.54) is 0 Å². The van der Waals surface area contributed by atoms with Crippen LogP contribution in [0.4, 0.5) is 11.6 Å². The van der Waals surface area contributed by atoms with Crippen molar-refractivity contribution < 1.29 is 48.5 Å². The maximum Gasteiger partial charge on any atom is 0.161 e. The van der Waals surface area contributed by atoms with E-state index in [0.717, 1.165) is 128 Å². The van der Waals surface area contributed by atoms with Crippen molar-refractivity contribution in [2.75, 3.05) is 117 Å². The number of aromatic amines is 1. The Morgan fingerprint density at radius 1 is 0.562 bits per heavy atom. The predicted molar refractivity (Wildman–Crippen MR) is 405 cm³/mol. The maximum atomic E-state index is 10.9.